The summed E-state index contributed by atoms with van der Waals surface area (Å²) in [5, 5.41) is 17.6. The second kappa shape index (κ2) is 23.6. The fraction of sp³-hybridized carbons (Fsp3) is 0.333. The minimum Gasteiger partial charge on any atom is -0.870 e. The molecule has 4 aromatic carbocycles. The van der Waals surface area contributed by atoms with Crippen LogP contribution < -0.4 is 39.0 Å². The number of carboxylic acids is 1. The van der Waals surface area contributed by atoms with E-state index in [2.05, 4.69) is 10.3 Å². The van der Waals surface area contributed by atoms with E-state index in [0.29, 0.717) is 98.0 Å². The second-order valence-corrected chi connectivity index (χ2v) is 16.4. The number of aromatic carboxylic acids is 1. The van der Waals surface area contributed by atoms with Gasteiger partial charge in [0.05, 0.1) is 51.8 Å². The third-order valence-corrected chi connectivity index (χ3v) is 11.6. The summed E-state index contributed by atoms with van der Waals surface area (Å²) >= 11 is 12.4. The molecule has 0 aliphatic carbocycles. The van der Waals surface area contributed by atoms with Crippen molar-refractivity contribution in [1.82, 2.24) is 19.4 Å². The monoisotopic (exact) mass is 1030 g/mol. The molecule has 0 unspecified atom stereocenters. The average molecular weight is 1030 g/mol. The maximum Gasteiger partial charge on any atom is 1.00 e. The molecule has 4 aromatic heterocycles. The van der Waals surface area contributed by atoms with E-state index in [9.17, 15) is 41.0 Å². The Labute approximate surface area is 428 Å². The fourth-order valence-corrected chi connectivity index (χ4v) is 8.39. The molecule has 8 aromatic rings. The van der Waals surface area contributed by atoms with E-state index in [0.717, 1.165) is 21.8 Å². The molecule has 22 heteroatoms. The number of nitrogens with zero attached hydrogens (tertiary/aromatic N) is 4. The Morgan fingerprint density at radius 2 is 1.10 bits per heavy atom. The van der Waals surface area contributed by atoms with E-state index in [1.54, 1.807) is 31.2 Å². The molecule has 368 valence electrons. The standard InChI is InChI=1S/C25H24ClF3N2O4.C23H20ClF3N2O4.Na.H2O/c1-3-6-16-21(8-7-17-22(16)35-30-23(17)25(27,28)29)34-12-5-10-31-11-9-15-13-18(24(32)33-4-2)19(26)14-20(15)31;1-2-4-14-19(6-5-15-20(14)33-28-21(15)23(25,26)27)32-10-3-8-29-9-7-13-11-16(22(30)31)17(24)12-18(13)29;;/h7-9,11,13-14H,3-6,10,12H2,1-2H3;5-7,9,11-12H,2-4,8,10H2,1H3,(H,30,31);;1H2/q;;+1;/p-1. The molecule has 13 nitrogen and oxygen atoms in total. The first kappa shape index (κ1) is 55.5. The molecule has 0 aliphatic heterocycles. The topological polar surface area (TPSA) is 174 Å². The molecule has 0 saturated heterocycles. The van der Waals surface area contributed by atoms with Crippen LogP contribution in [0.25, 0.3) is 43.7 Å². The number of aromatic nitrogens is 4. The van der Waals surface area contributed by atoms with Crippen molar-refractivity contribution in [1.29, 1.82) is 0 Å². The molecule has 0 radical (unpaired) electrons. The Bertz CT molecular complexity index is 3110. The quantitative estimate of drug-likeness (QED) is 0.0398. The summed E-state index contributed by atoms with van der Waals surface area (Å²) in [5.74, 6) is -0.587. The van der Waals surface area contributed by atoms with E-state index in [1.807, 2.05) is 47.5 Å². The fourth-order valence-electron chi connectivity index (χ4n) is 7.91. The van der Waals surface area contributed by atoms with E-state index in [1.165, 1.54) is 24.3 Å². The van der Waals surface area contributed by atoms with Gasteiger partial charge in [-0.1, -0.05) is 60.2 Å². The number of hydrogen-bond donors (Lipinski definition) is 1. The third kappa shape index (κ3) is 12.2. The molecule has 0 saturated carbocycles. The molecule has 70 heavy (non-hydrogen) atoms. The Hall–Kier alpha value is -5.44. The Kier molecular flexibility index (Phi) is 18.7. The predicted octanol–water partition coefficient (Wildman–Crippen LogP) is 10.5. The molecular weight excluding hydrogens is 984 g/mol. The third-order valence-electron chi connectivity index (χ3n) is 11.0. The number of carboxylic acid groups (broad SMARTS) is 1. The number of alkyl halides is 6. The zero-order chi connectivity index (χ0) is 48.9. The summed E-state index contributed by atoms with van der Waals surface area (Å²) in [5.41, 5.74) is 1.34. The number of aryl methyl sites for hydroxylation is 4. The number of fused-ring (bicyclic) bond motifs is 4. The molecular formula is C48H45Cl2F6N4NaO9. The van der Waals surface area contributed by atoms with Gasteiger partial charge in [0.25, 0.3) is 0 Å². The Morgan fingerprint density at radius 3 is 1.50 bits per heavy atom. The van der Waals surface area contributed by atoms with Crippen LogP contribution in [0.1, 0.15) is 89.7 Å². The smallest absolute Gasteiger partial charge is 0.870 e. The molecule has 8 rings (SSSR count). The van der Waals surface area contributed by atoms with E-state index >= 15 is 0 Å². The van der Waals surface area contributed by atoms with Crippen LogP contribution in [0.4, 0.5) is 26.3 Å². The van der Waals surface area contributed by atoms with Crippen molar-refractivity contribution in [3.8, 4) is 11.5 Å². The van der Waals surface area contributed by atoms with Crippen LogP contribution >= 0.6 is 23.2 Å². The maximum absolute atomic E-state index is 13.2. The molecule has 0 bridgehead atoms. The zero-order valence-corrected chi connectivity index (χ0v) is 41.8. The normalized spacial score (nSPS) is 11.6. The van der Waals surface area contributed by atoms with Gasteiger partial charge in [-0.25, -0.2) is 9.59 Å². The van der Waals surface area contributed by atoms with Gasteiger partial charge in [-0.3, -0.25) is 0 Å². The van der Waals surface area contributed by atoms with Gasteiger partial charge in [0, 0.05) is 58.4 Å². The molecule has 0 spiro atoms. The molecule has 0 atom stereocenters. The maximum atomic E-state index is 13.2. The van der Waals surface area contributed by atoms with Crippen LogP contribution in [0.3, 0.4) is 0 Å². The van der Waals surface area contributed by atoms with Crippen molar-refractivity contribution in [2.75, 3.05) is 19.8 Å². The summed E-state index contributed by atoms with van der Waals surface area (Å²) in [7, 11) is 0. The van der Waals surface area contributed by atoms with Gasteiger partial charge < -0.3 is 43.0 Å². The van der Waals surface area contributed by atoms with Crippen LogP contribution in [0.5, 0.6) is 11.5 Å². The minimum atomic E-state index is -4.59. The van der Waals surface area contributed by atoms with Gasteiger partial charge in [0.1, 0.15) is 11.5 Å². The van der Waals surface area contributed by atoms with Gasteiger partial charge in [0.15, 0.2) is 22.6 Å². The van der Waals surface area contributed by atoms with Gasteiger partial charge in [-0.15, -0.1) is 0 Å². The van der Waals surface area contributed by atoms with Crippen LogP contribution in [-0.2, 0) is 43.0 Å². The zero-order valence-electron chi connectivity index (χ0n) is 38.3. The van der Waals surface area contributed by atoms with Crippen molar-refractivity contribution in [3.63, 3.8) is 0 Å². The summed E-state index contributed by atoms with van der Waals surface area (Å²) in [6, 6.07) is 16.0. The predicted molar refractivity (Wildman–Crippen MR) is 245 cm³/mol. The number of hydrogen-bond acceptors (Lipinski definition) is 10. The summed E-state index contributed by atoms with van der Waals surface area (Å²) < 4.78 is 110. The van der Waals surface area contributed by atoms with Crippen molar-refractivity contribution in [2.45, 2.75) is 84.7 Å². The van der Waals surface area contributed by atoms with Crippen LogP contribution in [0.15, 0.2) is 82.1 Å². The van der Waals surface area contributed by atoms with Crippen molar-refractivity contribution in [3.05, 3.63) is 117 Å². The molecule has 0 fully saturated rings. The van der Waals surface area contributed by atoms with Crippen molar-refractivity contribution >= 4 is 78.9 Å². The van der Waals surface area contributed by atoms with Crippen molar-refractivity contribution < 1.29 is 99.3 Å². The largest absolute Gasteiger partial charge is 1.00 e. The van der Waals surface area contributed by atoms with Gasteiger partial charge >= 0.3 is 53.8 Å². The molecule has 0 aliphatic rings. The Morgan fingerprint density at radius 1 is 0.671 bits per heavy atom. The van der Waals surface area contributed by atoms with Crippen LogP contribution in [-0.4, -0.2) is 61.8 Å². The average Bonchev–Trinajstić information content (AvgIpc) is 4.10. The summed E-state index contributed by atoms with van der Waals surface area (Å²) in [6.45, 7) is 7.71. The number of ether oxygens (including phenoxy) is 3. The first-order chi connectivity index (χ1) is 32.4. The number of halogens is 8. The second-order valence-electron chi connectivity index (χ2n) is 15.6. The van der Waals surface area contributed by atoms with Gasteiger partial charge in [-0.2, -0.15) is 26.3 Å². The summed E-state index contributed by atoms with van der Waals surface area (Å²) in [4.78, 5) is 23.3. The summed E-state index contributed by atoms with van der Waals surface area (Å²) in [6.07, 6.45) is -1.79. The van der Waals surface area contributed by atoms with Gasteiger partial charge in [0.2, 0.25) is 0 Å². The van der Waals surface area contributed by atoms with Crippen molar-refractivity contribution in [2.24, 2.45) is 0 Å². The molecule has 4 heterocycles. The van der Waals surface area contributed by atoms with E-state index in [4.69, 9.17) is 46.5 Å². The van der Waals surface area contributed by atoms with E-state index < -0.39 is 35.7 Å². The minimum absolute atomic E-state index is 0. The number of esters is 1. The van der Waals surface area contributed by atoms with Gasteiger partial charge in [-0.05, 0) is 93.3 Å². The number of benzene rings is 4. The number of carbonyl (C=O) groups excluding carboxylic acids is 1. The van der Waals surface area contributed by atoms with Crippen LogP contribution in [0, 0.1) is 0 Å². The number of carbonyl (C=O) groups is 2. The molecule has 0 amide bonds. The van der Waals surface area contributed by atoms with E-state index in [-0.39, 0.29) is 74.2 Å². The first-order valence-electron chi connectivity index (χ1n) is 21.6. The van der Waals surface area contributed by atoms with Crippen LogP contribution in [0.2, 0.25) is 10.0 Å². The first-order valence-corrected chi connectivity index (χ1v) is 22.4. The Balaban J connectivity index is 0.000000254. The number of rotatable bonds is 17. The molecule has 2 N–H and O–H groups in total. The SMILES string of the molecule is CCCc1c(OCCCn2ccc3cc(C(=O)O)c(Cl)cc32)ccc2c(C(F)(F)F)noc12.CCCc1c(OCCCn2ccc3cc(C(=O)OCC)c(Cl)cc32)ccc2c(C(F)(F)F)noc12.[Na+].[OH-].